The van der Waals surface area contributed by atoms with Crippen LogP contribution in [0.1, 0.15) is 32.5 Å². The van der Waals surface area contributed by atoms with Crippen LogP contribution in [0.5, 0.6) is 0 Å². The average molecular weight is 310 g/mol. The standard InChI is InChI=1S/C13H18N4O3S/c1-13(2,3)12-15-7-11(20-12)21(18,19)16-9-6-10-14-4-5-17(10)8-9/h4-5,7,9,16H,6,8H2,1-3H3. The van der Waals surface area contributed by atoms with Crippen LogP contribution in [0, 0.1) is 0 Å². The van der Waals surface area contributed by atoms with Crippen LogP contribution < -0.4 is 4.72 Å². The molecule has 1 aliphatic heterocycles. The maximum Gasteiger partial charge on any atom is 0.275 e. The van der Waals surface area contributed by atoms with Crippen molar-refractivity contribution in [1.82, 2.24) is 19.3 Å². The van der Waals surface area contributed by atoms with Crippen molar-refractivity contribution in [1.29, 1.82) is 0 Å². The number of fused-ring (bicyclic) bond motifs is 1. The van der Waals surface area contributed by atoms with E-state index < -0.39 is 10.0 Å². The Bertz CT molecular complexity index is 734. The van der Waals surface area contributed by atoms with Crippen LogP contribution in [-0.4, -0.2) is 29.0 Å². The Morgan fingerprint density at radius 2 is 2.14 bits per heavy atom. The zero-order valence-corrected chi connectivity index (χ0v) is 13.0. The lowest BCUT2D eigenvalue weighted by atomic mass is 9.97. The summed E-state index contributed by atoms with van der Waals surface area (Å²) in [5, 5.41) is -0.142. The molecule has 0 aromatic carbocycles. The quantitative estimate of drug-likeness (QED) is 0.916. The summed E-state index contributed by atoms with van der Waals surface area (Å²) in [6.45, 7) is 6.32. The molecule has 7 nitrogen and oxygen atoms in total. The summed E-state index contributed by atoms with van der Waals surface area (Å²) < 4.78 is 34.6. The van der Waals surface area contributed by atoms with E-state index in [4.69, 9.17) is 4.42 Å². The zero-order chi connectivity index (χ0) is 15.3. The Kier molecular flexibility index (Phi) is 3.18. The van der Waals surface area contributed by atoms with Gasteiger partial charge in [-0.2, -0.15) is 0 Å². The lowest BCUT2D eigenvalue weighted by Crippen LogP contribution is -2.35. The molecule has 8 heteroatoms. The van der Waals surface area contributed by atoms with Gasteiger partial charge in [-0.25, -0.2) is 23.1 Å². The highest BCUT2D eigenvalue weighted by Gasteiger charge is 2.30. The molecule has 0 radical (unpaired) electrons. The van der Waals surface area contributed by atoms with Crippen LogP contribution in [0.3, 0.4) is 0 Å². The zero-order valence-electron chi connectivity index (χ0n) is 12.2. The first-order valence-electron chi connectivity index (χ1n) is 6.74. The van der Waals surface area contributed by atoms with Crippen LogP contribution in [-0.2, 0) is 28.4 Å². The smallest absolute Gasteiger partial charge is 0.275 e. The predicted octanol–water partition coefficient (Wildman–Crippen LogP) is 1.07. The molecule has 1 N–H and O–H groups in total. The van der Waals surface area contributed by atoms with Gasteiger partial charge in [-0.1, -0.05) is 20.8 Å². The minimum absolute atomic E-state index is 0.142. The van der Waals surface area contributed by atoms with Gasteiger partial charge in [0.15, 0.2) is 0 Å². The number of rotatable bonds is 3. The van der Waals surface area contributed by atoms with Crippen LogP contribution >= 0.6 is 0 Å². The van der Waals surface area contributed by atoms with E-state index in [0.29, 0.717) is 18.9 Å². The van der Waals surface area contributed by atoms with E-state index in [1.165, 1.54) is 6.20 Å². The maximum absolute atomic E-state index is 12.3. The van der Waals surface area contributed by atoms with Gasteiger partial charge in [-0.3, -0.25) is 0 Å². The number of imidazole rings is 1. The van der Waals surface area contributed by atoms with Gasteiger partial charge in [0.25, 0.3) is 15.1 Å². The van der Waals surface area contributed by atoms with Crippen molar-refractivity contribution in [2.24, 2.45) is 0 Å². The van der Waals surface area contributed by atoms with Gasteiger partial charge in [-0.15, -0.1) is 0 Å². The highest BCUT2D eigenvalue weighted by atomic mass is 32.2. The molecule has 0 saturated heterocycles. The van der Waals surface area contributed by atoms with Gasteiger partial charge >= 0.3 is 0 Å². The monoisotopic (exact) mass is 310 g/mol. The van der Waals surface area contributed by atoms with E-state index in [9.17, 15) is 8.42 Å². The second-order valence-corrected chi connectivity index (χ2v) is 7.90. The fourth-order valence-electron chi connectivity index (χ4n) is 2.31. The van der Waals surface area contributed by atoms with Crippen molar-refractivity contribution >= 4 is 10.0 Å². The third kappa shape index (κ3) is 2.73. The molecule has 0 spiro atoms. The van der Waals surface area contributed by atoms with Gasteiger partial charge in [-0.05, 0) is 0 Å². The Morgan fingerprint density at radius 3 is 2.76 bits per heavy atom. The number of hydrogen-bond acceptors (Lipinski definition) is 5. The molecule has 1 aliphatic rings. The normalized spacial score (nSPS) is 18.9. The summed E-state index contributed by atoms with van der Waals surface area (Å²) in [5.74, 6) is 1.29. The lowest BCUT2D eigenvalue weighted by Gasteiger charge is -2.13. The van der Waals surface area contributed by atoms with E-state index >= 15 is 0 Å². The third-order valence-corrected chi connectivity index (χ3v) is 4.72. The Morgan fingerprint density at radius 1 is 1.38 bits per heavy atom. The molecule has 114 valence electrons. The fourth-order valence-corrected chi connectivity index (χ4v) is 3.40. The first kappa shape index (κ1) is 14.3. The number of aromatic nitrogens is 3. The highest BCUT2D eigenvalue weighted by Crippen LogP contribution is 2.24. The van der Waals surface area contributed by atoms with Crippen molar-refractivity contribution in [3.63, 3.8) is 0 Å². The van der Waals surface area contributed by atoms with E-state index in [1.807, 2.05) is 31.5 Å². The second kappa shape index (κ2) is 4.67. The van der Waals surface area contributed by atoms with Crippen LogP contribution in [0.15, 0.2) is 28.1 Å². The van der Waals surface area contributed by atoms with Gasteiger partial charge in [0, 0.05) is 36.8 Å². The summed E-state index contributed by atoms with van der Waals surface area (Å²) in [4.78, 5) is 8.23. The molecule has 0 fully saturated rings. The van der Waals surface area contributed by atoms with Gasteiger partial charge < -0.3 is 8.98 Å². The summed E-state index contributed by atoms with van der Waals surface area (Å²) in [6.07, 6.45) is 5.39. The number of nitrogens with one attached hydrogen (secondary N) is 1. The first-order chi connectivity index (χ1) is 9.75. The minimum Gasteiger partial charge on any atom is -0.427 e. The molecule has 0 aliphatic carbocycles. The van der Waals surface area contributed by atoms with Gasteiger partial charge in [0.2, 0.25) is 5.89 Å². The molecule has 2 aromatic rings. The second-order valence-electron chi connectivity index (χ2n) is 6.25. The molecular formula is C13H18N4O3S. The number of sulfonamides is 1. The van der Waals surface area contributed by atoms with Crippen molar-refractivity contribution in [3.8, 4) is 0 Å². The Labute approximate surface area is 123 Å². The highest BCUT2D eigenvalue weighted by molar-refractivity contribution is 7.89. The fraction of sp³-hybridized carbons (Fsp3) is 0.538. The van der Waals surface area contributed by atoms with Gasteiger partial charge in [0.1, 0.15) is 5.82 Å². The van der Waals surface area contributed by atoms with Crippen LogP contribution in [0.2, 0.25) is 0 Å². The first-order valence-corrected chi connectivity index (χ1v) is 8.23. The lowest BCUT2D eigenvalue weighted by molar-refractivity contribution is 0.341. The van der Waals surface area contributed by atoms with Crippen molar-refractivity contribution in [2.45, 2.75) is 50.3 Å². The van der Waals surface area contributed by atoms with Gasteiger partial charge in [0.05, 0.1) is 6.20 Å². The minimum atomic E-state index is -3.70. The number of hydrogen-bond donors (Lipinski definition) is 1. The topological polar surface area (TPSA) is 90.0 Å². The SMILES string of the molecule is CC(C)(C)c1ncc(S(=O)(=O)NC2Cc3nccn3C2)o1. The summed E-state index contributed by atoms with van der Waals surface area (Å²) in [6, 6.07) is -0.207. The van der Waals surface area contributed by atoms with E-state index in [0.717, 1.165) is 5.82 Å². The van der Waals surface area contributed by atoms with Crippen molar-refractivity contribution in [3.05, 3.63) is 30.3 Å². The summed E-state index contributed by atoms with van der Waals surface area (Å²) >= 11 is 0. The molecule has 0 amide bonds. The molecule has 21 heavy (non-hydrogen) atoms. The molecule has 1 atom stereocenters. The van der Waals surface area contributed by atoms with Crippen molar-refractivity contribution < 1.29 is 12.8 Å². The number of oxazole rings is 1. The van der Waals surface area contributed by atoms with Crippen molar-refractivity contribution in [2.75, 3.05) is 0 Å². The van der Waals surface area contributed by atoms with E-state index in [2.05, 4.69) is 14.7 Å². The largest absolute Gasteiger partial charge is 0.427 e. The van der Waals surface area contributed by atoms with Crippen LogP contribution in [0.4, 0.5) is 0 Å². The molecule has 0 saturated carbocycles. The molecular weight excluding hydrogens is 292 g/mol. The predicted molar refractivity (Wildman–Crippen MR) is 75.2 cm³/mol. The summed E-state index contributed by atoms with van der Waals surface area (Å²) in [7, 11) is -3.70. The molecule has 0 bridgehead atoms. The average Bonchev–Trinajstić information content (AvgIpc) is 2.99. The molecule has 3 rings (SSSR count). The van der Waals surface area contributed by atoms with E-state index in [1.54, 1.807) is 6.20 Å². The molecule has 2 aromatic heterocycles. The maximum atomic E-state index is 12.3. The third-order valence-electron chi connectivity index (χ3n) is 3.36. The Hall–Kier alpha value is -1.67. The molecule has 1 unspecified atom stereocenters. The van der Waals surface area contributed by atoms with Crippen LogP contribution in [0.25, 0.3) is 0 Å². The van der Waals surface area contributed by atoms with E-state index in [-0.39, 0.29) is 16.5 Å². The summed E-state index contributed by atoms with van der Waals surface area (Å²) in [5.41, 5.74) is -0.330. The Balaban J connectivity index is 1.76. The number of nitrogens with zero attached hydrogens (tertiary/aromatic N) is 3. The molecule has 3 heterocycles.